The van der Waals surface area contributed by atoms with Gasteiger partial charge in [-0.3, -0.25) is 4.79 Å². The van der Waals surface area contributed by atoms with Crippen molar-refractivity contribution in [3.8, 4) is 0 Å². The van der Waals surface area contributed by atoms with Crippen LogP contribution in [0.25, 0.3) is 0 Å². The number of halogens is 1. The van der Waals surface area contributed by atoms with Gasteiger partial charge < -0.3 is 5.32 Å². The summed E-state index contributed by atoms with van der Waals surface area (Å²) in [6.07, 6.45) is 1.98. The predicted octanol–water partition coefficient (Wildman–Crippen LogP) is 3.05. The second kappa shape index (κ2) is 3.81. The number of nitrogens with one attached hydrogen (secondary N) is 1. The van der Waals surface area contributed by atoms with E-state index in [1.54, 1.807) is 11.3 Å². The Hall–Kier alpha value is -0.100. The molecule has 4 heteroatoms. The molecule has 0 radical (unpaired) electrons. The summed E-state index contributed by atoms with van der Waals surface area (Å²) in [5.74, 6) is 0.158. The number of fused-ring (bicyclic) bond motifs is 1. The summed E-state index contributed by atoms with van der Waals surface area (Å²) >= 11 is 4.00. The van der Waals surface area contributed by atoms with E-state index in [2.05, 4.69) is 41.8 Å². The number of hydrogen-bond acceptors (Lipinski definition) is 2. The minimum atomic E-state index is 0.115. The Morgan fingerprint density at radius 2 is 2.14 bits per heavy atom. The fraction of sp³-hybridized carbons (Fsp3) is 0.500. The lowest BCUT2D eigenvalue weighted by Crippen LogP contribution is -2.20. The Kier molecular flexibility index (Phi) is 2.83. The molecule has 1 N–H and O–H groups in total. The quantitative estimate of drug-likeness (QED) is 0.577. The summed E-state index contributed by atoms with van der Waals surface area (Å²) in [4.78, 5) is 14.2. The van der Waals surface area contributed by atoms with Crippen molar-refractivity contribution in [3.63, 3.8) is 0 Å². The largest absolute Gasteiger partial charge is 0.324 e. The van der Waals surface area contributed by atoms with Gasteiger partial charge in [-0.1, -0.05) is 22.6 Å². The molecule has 14 heavy (non-hydrogen) atoms. The fourth-order valence-electron chi connectivity index (χ4n) is 1.80. The lowest BCUT2D eigenvalue weighted by atomic mass is 10.1. The van der Waals surface area contributed by atoms with Gasteiger partial charge >= 0.3 is 0 Å². The van der Waals surface area contributed by atoms with Crippen LogP contribution in [0.2, 0.25) is 0 Å². The molecule has 0 saturated carbocycles. The van der Waals surface area contributed by atoms with Crippen molar-refractivity contribution in [3.05, 3.63) is 15.3 Å². The van der Waals surface area contributed by atoms with E-state index < -0.39 is 0 Å². The highest BCUT2D eigenvalue weighted by atomic mass is 127. The molecule has 2 nitrogen and oxygen atoms in total. The van der Waals surface area contributed by atoms with Crippen molar-refractivity contribution in [2.45, 2.75) is 30.6 Å². The van der Waals surface area contributed by atoms with Crippen molar-refractivity contribution in [2.75, 3.05) is 5.32 Å². The summed E-state index contributed by atoms with van der Waals surface area (Å²) < 4.78 is 0.115. The van der Waals surface area contributed by atoms with E-state index >= 15 is 0 Å². The first-order valence-electron chi connectivity index (χ1n) is 4.63. The van der Waals surface area contributed by atoms with E-state index in [0.29, 0.717) is 0 Å². The average Bonchev–Trinajstić information content (AvgIpc) is 2.31. The summed E-state index contributed by atoms with van der Waals surface area (Å²) in [5.41, 5.74) is 2.43. The van der Waals surface area contributed by atoms with Crippen molar-refractivity contribution in [1.29, 1.82) is 0 Å². The van der Waals surface area contributed by atoms with Crippen molar-refractivity contribution in [1.82, 2.24) is 0 Å². The first kappa shape index (κ1) is 10.4. The second-order valence-electron chi connectivity index (χ2n) is 3.56. The lowest BCUT2D eigenvalue weighted by Gasteiger charge is -2.04. The van der Waals surface area contributed by atoms with E-state index in [-0.39, 0.29) is 9.83 Å². The Bertz CT molecular complexity index is 386. The SMILES string of the molecule is Cc1sc(C)c2c1CCC(I)C(=O)N2. The van der Waals surface area contributed by atoms with Crippen LogP contribution in [0.5, 0.6) is 0 Å². The molecule has 1 unspecified atom stereocenters. The van der Waals surface area contributed by atoms with Crippen LogP contribution in [0, 0.1) is 13.8 Å². The molecule has 2 rings (SSSR count). The van der Waals surface area contributed by atoms with Gasteiger partial charge in [-0.25, -0.2) is 0 Å². The highest BCUT2D eigenvalue weighted by molar-refractivity contribution is 14.1. The van der Waals surface area contributed by atoms with E-state index in [9.17, 15) is 4.79 Å². The third kappa shape index (κ3) is 1.69. The highest BCUT2D eigenvalue weighted by Crippen LogP contribution is 2.36. The zero-order valence-electron chi connectivity index (χ0n) is 8.19. The predicted molar refractivity (Wildman–Crippen MR) is 68.6 cm³/mol. The zero-order chi connectivity index (χ0) is 10.3. The molecule has 0 bridgehead atoms. The lowest BCUT2D eigenvalue weighted by molar-refractivity contribution is -0.115. The van der Waals surface area contributed by atoms with E-state index in [0.717, 1.165) is 18.5 Å². The Morgan fingerprint density at radius 1 is 1.43 bits per heavy atom. The van der Waals surface area contributed by atoms with Crippen LogP contribution in [0.1, 0.15) is 21.7 Å². The third-order valence-corrected chi connectivity index (χ3v) is 4.82. The number of alkyl halides is 1. The van der Waals surface area contributed by atoms with Crippen LogP contribution < -0.4 is 5.32 Å². The molecule has 1 aliphatic heterocycles. The van der Waals surface area contributed by atoms with Gasteiger partial charge in [-0.2, -0.15) is 0 Å². The van der Waals surface area contributed by atoms with E-state index in [4.69, 9.17) is 0 Å². The van der Waals surface area contributed by atoms with Crippen molar-refractivity contribution in [2.24, 2.45) is 0 Å². The number of anilines is 1. The molecule has 1 aromatic heterocycles. The molecular weight excluding hydrogens is 309 g/mol. The van der Waals surface area contributed by atoms with Gasteiger partial charge in [-0.15, -0.1) is 11.3 Å². The molecule has 76 valence electrons. The van der Waals surface area contributed by atoms with Crippen LogP contribution in [0.3, 0.4) is 0 Å². The second-order valence-corrected chi connectivity index (χ2v) is 6.50. The molecular formula is C10H12INOS. The minimum absolute atomic E-state index is 0.115. The zero-order valence-corrected chi connectivity index (χ0v) is 11.2. The van der Waals surface area contributed by atoms with Gasteiger partial charge in [0.25, 0.3) is 0 Å². The Balaban J connectivity index is 2.44. The molecule has 0 aromatic carbocycles. The Morgan fingerprint density at radius 3 is 2.86 bits per heavy atom. The molecule has 1 amide bonds. The molecule has 0 saturated heterocycles. The summed E-state index contributed by atoms with van der Waals surface area (Å²) in [6, 6.07) is 0. The molecule has 1 aliphatic rings. The standard InChI is InChI=1S/C10H12INOS/c1-5-7-3-4-8(11)10(13)12-9(7)6(2)14-5/h8H,3-4H2,1-2H3,(H,12,13). The van der Waals surface area contributed by atoms with Gasteiger partial charge in [0.1, 0.15) is 0 Å². The molecule has 0 spiro atoms. The van der Waals surface area contributed by atoms with Crippen molar-refractivity contribution >= 4 is 45.5 Å². The summed E-state index contributed by atoms with van der Waals surface area (Å²) in [7, 11) is 0. The first-order chi connectivity index (χ1) is 6.59. The fourth-order valence-corrected chi connectivity index (χ4v) is 3.33. The minimum Gasteiger partial charge on any atom is -0.324 e. The van der Waals surface area contributed by atoms with Crippen LogP contribution >= 0.6 is 33.9 Å². The van der Waals surface area contributed by atoms with Gasteiger partial charge in [0.15, 0.2) is 0 Å². The maximum Gasteiger partial charge on any atom is 0.237 e. The molecule has 0 fully saturated rings. The van der Waals surface area contributed by atoms with Gasteiger partial charge in [0.05, 0.1) is 9.61 Å². The normalized spacial score (nSPS) is 21.4. The van der Waals surface area contributed by atoms with Crippen LogP contribution in [-0.4, -0.2) is 9.83 Å². The molecule has 1 aromatic rings. The van der Waals surface area contributed by atoms with Crippen LogP contribution in [-0.2, 0) is 11.2 Å². The number of amides is 1. The molecule has 2 heterocycles. The summed E-state index contributed by atoms with van der Waals surface area (Å²) in [6.45, 7) is 4.21. The number of aryl methyl sites for hydroxylation is 2. The van der Waals surface area contributed by atoms with Gasteiger partial charge in [-0.05, 0) is 32.3 Å². The number of carbonyl (C=O) groups is 1. The smallest absolute Gasteiger partial charge is 0.237 e. The number of rotatable bonds is 0. The van der Waals surface area contributed by atoms with Crippen molar-refractivity contribution < 1.29 is 4.79 Å². The van der Waals surface area contributed by atoms with E-state index in [1.807, 2.05) is 0 Å². The van der Waals surface area contributed by atoms with E-state index in [1.165, 1.54) is 15.3 Å². The van der Waals surface area contributed by atoms with Crippen LogP contribution in [0.4, 0.5) is 5.69 Å². The monoisotopic (exact) mass is 321 g/mol. The number of hydrogen-bond donors (Lipinski definition) is 1. The van der Waals surface area contributed by atoms with Gasteiger partial charge in [0.2, 0.25) is 5.91 Å². The van der Waals surface area contributed by atoms with Gasteiger partial charge in [0, 0.05) is 9.75 Å². The Labute approximate surface area is 101 Å². The molecule has 0 aliphatic carbocycles. The first-order valence-corrected chi connectivity index (χ1v) is 6.69. The van der Waals surface area contributed by atoms with Crippen LogP contribution in [0.15, 0.2) is 0 Å². The maximum atomic E-state index is 11.6. The summed E-state index contributed by atoms with van der Waals surface area (Å²) in [5, 5.41) is 3.03. The maximum absolute atomic E-state index is 11.6. The molecule has 1 atom stereocenters. The highest BCUT2D eigenvalue weighted by Gasteiger charge is 2.24. The number of carbonyl (C=O) groups excluding carboxylic acids is 1. The third-order valence-electron chi connectivity index (χ3n) is 2.57. The topological polar surface area (TPSA) is 29.1 Å². The average molecular weight is 321 g/mol. The number of thiophene rings is 1.